The number of aromatic nitrogens is 1. The van der Waals surface area contributed by atoms with Gasteiger partial charge in [0.05, 0.1) is 22.4 Å². The van der Waals surface area contributed by atoms with Gasteiger partial charge >= 0.3 is 0 Å². The van der Waals surface area contributed by atoms with Crippen molar-refractivity contribution < 1.29 is 8.83 Å². The summed E-state index contributed by atoms with van der Waals surface area (Å²) in [6.07, 6.45) is 4.22. The van der Waals surface area contributed by atoms with Gasteiger partial charge in [-0.2, -0.15) is 0 Å². The molecule has 0 N–H and O–H groups in total. The third kappa shape index (κ3) is 6.45. The second kappa shape index (κ2) is 15.9. The van der Waals surface area contributed by atoms with Crippen LogP contribution in [0.2, 0.25) is 0 Å². The predicted molar refractivity (Wildman–Crippen MR) is 286 cm³/mol. The standard InChI is InChI=1S/C64H44N2O2/c1-3-14-44-39-64-55(37-41(44)2)56-38-46(30-36-62(56)68-64)50-16-5-9-20-57(50)65(47-31-25-42(26-32-47)45-29-35-54-53-19-8-13-24-61(53)67-63(54)40-45)48-33-27-43(28-34-48)49-15-4-10-21-58(49)66-59-22-11-6-17-51(59)52-18-7-12-23-60(52)66/h3-40H,1-2H3/b14-3-. The second-order valence-electron chi connectivity index (χ2n) is 17.7. The Morgan fingerprint density at radius 1 is 0.397 bits per heavy atom. The van der Waals surface area contributed by atoms with Crippen molar-refractivity contribution in [3.63, 3.8) is 0 Å². The lowest BCUT2D eigenvalue weighted by Gasteiger charge is -2.28. The van der Waals surface area contributed by atoms with Crippen LogP contribution in [0.4, 0.5) is 17.1 Å². The highest BCUT2D eigenvalue weighted by molar-refractivity contribution is 6.11. The fraction of sp³-hybridized carbons (Fsp3) is 0.0312. The number of allylic oxidation sites excluding steroid dienone is 1. The highest BCUT2D eigenvalue weighted by Crippen LogP contribution is 2.44. The molecule has 3 aromatic heterocycles. The largest absolute Gasteiger partial charge is 0.456 e. The fourth-order valence-corrected chi connectivity index (χ4v) is 10.4. The monoisotopic (exact) mass is 872 g/mol. The molecule has 13 rings (SSSR count). The maximum atomic E-state index is 6.46. The molecule has 0 saturated carbocycles. The number of rotatable bonds is 8. The number of para-hydroxylation sites is 5. The van der Waals surface area contributed by atoms with Gasteiger partial charge in [0.15, 0.2) is 0 Å². The molecule has 4 nitrogen and oxygen atoms in total. The first-order chi connectivity index (χ1) is 33.6. The molecule has 0 spiro atoms. The highest BCUT2D eigenvalue weighted by atomic mass is 16.3. The van der Waals surface area contributed by atoms with Crippen LogP contribution in [0.5, 0.6) is 0 Å². The van der Waals surface area contributed by atoms with E-state index in [1.165, 1.54) is 32.9 Å². The molecule has 0 saturated heterocycles. The van der Waals surface area contributed by atoms with E-state index in [-0.39, 0.29) is 0 Å². The van der Waals surface area contributed by atoms with Crippen LogP contribution in [-0.2, 0) is 0 Å². The van der Waals surface area contributed by atoms with E-state index in [1.54, 1.807) is 0 Å². The minimum Gasteiger partial charge on any atom is -0.456 e. The van der Waals surface area contributed by atoms with E-state index in [0.29, 0.717) is 0 Å². The summed E-state index contributed by atoms with van der Waals surface area (Å²) < 4.78 is 15.2. The summed E-state index contributed by atoms with van der Waals surface area (Å²) in [5.74, 6) is 0. The van der Waals surface area contributed by atoms with E-state index < -0.39 is 0 Å². The van der Waals surface area contributed by atoms with Crippen molar-refractivity contribution in [2.24, 2.45) is 0 Å². The van der Waals surface area contributed by atoms with E-state index in [0.717, 1.165) is 100 Å². The third-order valence-corrected chi connectivity index (χ3v) is 13.7. The van der Waals surface area contributed by atoms with Gasteiger partial charge in [-0.25, -0.2) is 0 Å². The second-order valence-corrected chi connectivity index (χ2v) is 17.7. The Kier molecular flexibility index (Phi) is 9.26. The molecule has 10 aromatic carbocycles. The van der Waals surface area contributed by atoms with E-state index in [2.05, 4.69) is 235 Å². The number of aryl methyl sites for hydroxylation is 1. The first-order valence-corrected chi connectivity index (χ1v) is 23.3. The van der Waals surface area contributed by atoms with Gasteiger partial charge in [-0.15, -0.1) is 0 Å². The van der Waals surface area contributed by atoms with Gasteiger partial charge in [-0.1, -0.05) is 140 Å². The minimum atomic E-state index is 0.878. The Bertz CT molecular complexity index is 4050. The molecule has 0 aliphatic carbocycles. The molecule has 0 aliphatic rings. The van der Waals surface area contributed by atoms with E-state index in [1.807, 2.05) is 19.1 Å². The zero-order chi connectivity index (χ0) is 45.3. The third-order valence-electron chi connectivity index (χ3n) is 13.7. The van der Waals surface area contributed by atoms with Gasteiger partial charge in [0, 0.05) is 54.8 Å². The predicted octanol–water partition coefficient (Wildman–Crippen LogP) is 18.4. The summed E-state index contributed by atoms with van der Waals surface area (Å²) >= 11 is 0. The molecule has 3 heterocycles. The van der Waals surface area contributed by atoms with Crippen molar-refractivity contribution in [3.8, 4) is 39.1 Å². The summed E-state index contributed by atoms with van der Waals surface area (Å²) in [7, 11) is 0. The van der Waals surface area contributed by atoms with Crippen molar-refractivity contribution in [1.29, 1.82) is 0 Å². The van der Waals surface area contributed by atoms with Crippen LogP contribution in [0.1, 0.15) is 18.1 Å². The molecule has 0 radical (unpaired) electrons. The lowest BCUT2D eigenvalue weighted by Crippen LogP contribution is -2.11. The molecule has 0 fully saturated rings. The van der Waals surface area contributed by atoms with Gasteiger partial charge in [0.2, 0.25) is 0 Å². The molecular weight excluding hydrogens is 829 g/mol. The maximum absolute atomic E-state index is 6.46. The average Bonchev–Trinajstić information content (AvgIpc) is 4.06. The smallest absolute Gasteiger partial charge is 0.136 e. The molecule has 4 heteroatoms. The van der Waals surface area contributed by atoms with Gasteiger partial charge in [0.25, 0.3) is 0 Å². The summed E-state index contributed by atoms with van der Waals surface area (Å²) in [6.45, 7) is 4.22. The number of hydrogen-bond acceptors (Lipinski definition) is 3. The highest BCUT2D eigenvalue weighted by Gasteiger charge is 2.21. The van der Waals surface area contributed by atoms with Crippen LogP contribution < -0.4 is 4.90 Å². The molecule has 13 aromatic rings. The van der Waals surface area contributed by atoms with Crippen LogP contribution in [0.15, 0.2) is 233 Å². The number of benzene rings is 10. The van der Waals surface area contributed by atoms with Crippen LogP contribution in [0.3, 0.4) is 0 Å². The van der Waals surface area contributed by atoms with Gasteiger partial charge < -0.3 is 18.3 Å². The van der Waals surface area contributed by atoms with Crippen molar-refractivity contribution in [2.45, 2.75) is 13.8 Å². The van der Waals surface area contributed by atoms with Crippen LogP contribution in [0.25, 0.3) is 111 Å². The Morgan fingerprint density at radius 2 is 0.941 bits per heavy atom. The first-order valence-electron chi connectivity index (χ1n) is 23.3. The number of furan rings is 2. The van der Waals surface area contributed by atoms with Crippen molar-refractivity contribution in [1.82, 2.24) is 4.57 Å². The van der Waals surface area contributed by atoms with Crippen molar-refractivity contribution in [2.75, 3.05) is 4.90 Å². The molecule has 0 unspecified atom stereocenters. The zero-order valence-corrected chi connectivity index (χ0v) is 37.7. The summed E-state index contributed by atoms with van der Waals surface area (Å²) in [4.78, 5) is 2.38. The topological polar surface area (TPSA) is 34.5 Å². The van der Waals surface area contributed by atoms with Gasteiger partial charge in [-0.3, -0.25) is 0 Å². The SMILES string of the molecule is C/C=C\c1cc2oc3ccc(-c4ccccc4N(c4ccc(-c5ccc6c(c5)oc5ccccc56)cc4)c4ccc(-c5ccccc5-n5c6ccccc6c6ccccc65)cc4)cc3c2cc1C. The average molecular weight is 873 g/mol. The van der Waals surface area contributed by atoms with Crippen LogP contribution in [0, 0.1) is 6.92 Å². The number of anilines is 3. The lowest BCUT2D eigenvalue weighted by atomic mass is 9.98. The Morgan fingerprint density at radius 3 is 1.68 bits per heavy atom. The molecule has 0 bridgehead atoms. The van der Waals surface area contributed by atoms with Gasteiger partial charge in [0.1, 0.15) is 22.3 Å². The molecular formula is C64H44N2O2. The zero-order valence-electron chi connectivity index (χ0n) is 37.7. The summed E-state index contributed by atoms with van der Waals surface area (Å²) in [6, 6.07) is 78.6. The lowest BCUT2D eigenvalue weighted by molar-refractivity contribution is 0.668. The minimum absolute atomic E-state index is 0.878. The Labute approximate surface area is 393 Å². The van der Waals surface area contributed by atoms with E-state index in [4.69, 9.17) is 8.83 Å². The fourth-order valence-electron chi connectivity index (χ4n) is 10.4. The van der Waals surface area contributed by atoms with Crippen molar-refractivity contribution >= 4 is 88.8 Å². The van der Waals surface area contributed by atoms with Crippen molar-refractivity contribution in [3.05, 3.63) is 236 Å². The Balaban J connectivity index is 0.942. The Hall–Kier alpha value is -8.86. The molecule has 68 heavy (non-hydrogen) atoms. The molecule has 0 aliphatic heterocycles. The molecule has 322 valence electrons. The number of nitrogens with zero attached hydrogens (tertiary/aromatic N) is 2. The first kappa shape index (κ1) is 39.5. The van der Waals surface area contributed by atoms with Crippen LogP contribution in [-0.4, -0.2) is 4.57 Å². The molecule has 0 amide bonds. The number of fused-ring (bicyclic) bond motifs is 9. The number of hydrogen-bond donors (Lipinski definition) is 0. The summed E-state index contributed by atoms with van der Waals surface area (Å²) in [5.41, 5.74) is 19.4. The quantitative estimate of drug-likeness (QED) is 0.153. The van der Waals surface area contributed by atoms with E-state index >= 15 is 0 Å². The normalized spacial score (nSPS) is 11.9. The molecule has 0 atom stereocenters. The maximum Gasteiger partial charge on any atom is 0.136 e. The van der Waals surface area contributed by atoms with Crippen LogP contribution >= 0.6 is 0 Å². The van der Waals surface area contributed by atoms with Gasteiger partial charge in [-0.05, 0) is 138 Å². The van der Waals surface area contributed by atoms with E-state index in [9.17, 15) is 0 Å². The summed E-state index contributed by atoms with van der Waals surface area (Å²) in [5, 5.41) is 6.98.